The molecule has 0 bridgehead atoms. The molecule has 2 unspecified atom stereocenters. The van der Waals surface area contributed by atoms with Crippen LogP contribution in [-0.4, -0.2) is 6.94 Å². The van der Waals surface area contributed by atoms with Crippen LogP contribution in [0.5, 0.6) is 0 Å². The zero-order valence-corrected chi connectivity index (χ0v) is 35.4. The van der Waals surface area contributed by atoms with Crippen molar-refractivity contribution in [1.82, 2.24) is 0 Å². The average molecular weight is 858 g/mol. The summed E-state index contributed by atoms with van der Waals surface area (Å²) in [5.74, 6) is 1.46. The molecule has 4 aliphatic rings. The molecule has 2 atom stereocenters. The Balaban J connectivity index is 0.00000201. The van der Waals surface area contributed by atoms with Crippen molar-refractivity contribution in [2.24, 2.45) is 11.8 Å². The fourth-order valence-electron chi connectivity index (χ4n) is 10.5. The van der Waals surface area contributed by atoms with Gasteiger partial charge >= 0.3 is 282 Å². The number of halogens is 2. The van der Waals surface area contributed by atoms with Gasteiger partial charge in [0.1, 0.15) is 0 Å². The monoisotopic (exact) mass is 858 g/mol. The second kappa shape index (κ2) is 14.3. The van der Waals surface area contributed by atoms with Crippen molar-refractivity contribution in [3.05, 3.63) is 130 Å². The molecule has 8 rings (SSSR count). The number of rotatable bonds is 6. The van der Waals surface area contributed by atoms with Crippen molar-refractivity contribution in [3.8, 4) is 22.3 Å². The summed E-state index contributed by atoms with van der Waals surface area (Å²) in [5, 5.41) is 0. The summed E-state index contributed by atoms with van der Waals surface area (Å²) in [6, 6.07) is 37.1. The Bertz CT molecular complexity index is 1760. The van der Waals surface area contributed by atoms with Crippen LogP contribution in [-0.2, 0) is 17.1 Å². The Hall–Kier alpha value is -1.97. The van der Waals surface area contributed by atoms with E-state index in [1.807, 2.05) is 11.1 Å². The Morgan fingerprint density at radius 3 is 1.23 bits per heavy atom. The van der Waals surface area contributed by atoms with E-state index in [9.17, 15) is 0 Å². The van der Waals surface area contributed by atoms with Crippen LogP contribution >= 0.6 is 24.8 Å². The molecule has 48 heavy (non-hydrogen) atoms. The van der Waals surface area contributed by atoms with Gasteiger partial charge in [0.15, 0.2) is 0 Å². The van der Waals surface area contributed by atoms with Gasteiger partial charge in [-0.05, 0) is 0 Å². The molecule has 0 spiro atoms. The van der Waals surface area contributed by atoms with E-state index in [0.717, 1.165) is 11.8 Å². The summed E-state index contributed by atoms with van der Waals surface area (Å²) in [7, 11) is 0. The molecular formula is C44H52Cl2HfSi. The quantitative estimate of drug-likeness (QED) is 0.170. The third-order valence-electron chi connectivity index (χ3n) is 12.4. The van der Waals surface area contributed by atoms with Crippen LogP contribution in [0.1, 0.15) is 93.8 Å². The van der Waals surface area contributed by atoms with Crippen LogP contribution in [0.15, 0.2) is 108 Å². The van der Waals surface area contributed by atoms with Gasteiger partial charge in [-0.1, -0.05) is 0 Å². The van der Waals surface area contributed by atoms with Gasteiger partial charge in [-0.2, -0.15) is 0 Å². The maximum atomic E-state index is 2.90. The number of hydrogen-bond donors (Lipinski definition) is 0. The Kier molecular flexibility index (Phi) is 10.7. The number of allylic oxidation sites excluding steroid dienone is 2. The number of hydrogen-bond acceptors (Lipinski definition) is 0. The van der Waals surface area contributed by atoms with Gasteiger partial charge in [0, 0.05) is 0 Å². The first-order valence-electron chi connectivity index (χ1n) is 18.3. The third-order valence-corrected chi connectivity index (χ3v) is 37.3. The first-order valence-corrected chi connectivity index (χ1v) is 37.9. The molecule has 2 saturated carbocycles. The van der Waals surface area contributed by atoms with E-state index in [2.05, 4.69) is 126 Å². The predicted octanol–water partition coefficient (Wildman–Crippen LogP) is 12.9. The first-order chi connectivity index (χ1) is 22.4. The average Bonchev–Trinajstić information content (AvgIpc) is 3.71. The second-order valence-corrected chi connectivity index (χ2v) is 59.6. The van der Waals surface area contributed by atoms with Gasteiger partial charge in [-0.15, -0.1) is 24.8 Å². The van der Waals surface area contributed by atoms with Crippen molar-refractivity contribution in [1.29, 1.82) is 0 Å². The molecule has 0 nitrogen and oxygen atoms in total. The van der Waals surface area contributed by atoms with E-state index >= 15 is 0 Å². The molecule has 0 N–H and O–H groups in total. The van der Waals surface area contributed by atoms with Crippen LogP contribution in [0.25, 0.3) is 34.4 Å². The zero-order valence-electron chi connectivity index (χ0n) is 28.8. The fraction of sp³-hybridized carbons (Fsp3) is 0.364. The SMILES string of the molecule is Cl.Cl.[CH3][Hf]([CH3])(=[SiH2])([CH]1C(C2CCCCC2)=Cc2c(-c3ccccc3)cccc21)[CH]1C(C2CCCCC2)=Cc2c(-c3ccccc3)cccc21. The van der Waals surface area contributed by atoms with Crippen LogP contribution in [0.3, 0.4) is 0 Å². The van der Waals surface area contributed by atoms with E-state index in [4.69, 9.17) is 0 Å². The standard InChI is InChI=1S/2C21H21.2CH3.2ClH.Hf.H2Si/c2*1-3-8-16(9-4-1)19-14-18-12-7-13-20(21(18)15-19)17-10-5-2-6-11-17;;;;;;/h2*2,5-7,10-16H,1,3-4,8-9H2;2*1H3;2*1H;;1H2. The normalized spacial score (nSPS) is 21.3. The van der Waals surface area contributed by atoms with Gasteiger partial charge in [0.05, 0.1) is 0 Å². The molecule has 0 heterocycles. The van der Waals surface area contributed by atoms with Crippen molar-refractivity contribution in [2.75, 3.05) is 0 Å². The van der Waals surface area contributed by atoms with E-state index in [1.165, 1.54) is 97.6 Å². The maximum absolute atomic E-state index is 3.92. The molecular weight excluding hydrogens is 806 g/mol. The summed E-state index contributed by atoms with van der Waals surface area (Å²) in [5.41, 5.74) is 15.6. The van der Waals surface area contributed by atoms with Gasteiger partial charge in [0.2, 0.25) is 0 Å². The van der Waals surface area contributed by atoms with Crippen molar-refractivity contribution in [2.45, 2.75) is 80.9 Å². The van der Waals surface area contributed by atoms with Gasteiger partial charge in [-0.3, -0.25) is 0 Å². The van der Waals surface area contributed by atoms with E-state index in [0.29, 0.717) is 7.35 Å². The molecule has 0 aromatic heterocycles. The minimum atomic E-state index is -3.92. The Labute approximate surface area is 304 Å². The van der Waals surface area contributed by atoms with Crippen molar-refractivity contribution < 1.29 is 17.1 Å². The topological polar surface area (TPSA) is 0 Å². The molecule has 0 aliphatic heterocycles. The van der Waals surface area contributed by atoms with Crippen LogP contribution in [0.4, 0.5) is 0 Å². The zero-order chi connectivity index (χ0) is 31.3. The van der Waals surface area contributed by atoms with Crippen LogP contribution < -0.4 is 0 Å². The van der Waals surface area contributed by atoms with Crippen LogP contribution in [0, 0.1) is 11.8 Å². The van der Waals surface area contributed by atoms with Gasteiger partial charge in [0.25, 0.3) is 0 Å². The van der Waals surface area contributed by atoms with E-state index < -0.39 is 17.1 Å². The summed E-state index contributed by atoms with van der Waals surface area (Å²) in [6.45, 7) is 2.57. The van der Waals surface area contributed by atoms with E-state index in [-0.39, 0.29) is 24.8 Å². The Morgan fingerprint density at radius 1 is 0.479 bits per heavy atom. The molecule has 0 amide bonds. The fourth-order valence-corrected chi connectivity index (χ4v) is 38.4. The molecule has 0 radical (unpaired) electrons. The minimum absolute atomic E-state index is 0. The van der Waals surface area contributed by atoms with Gasteiger partial charge in [-0.25, -0.2) is 0 Å². The summed E-state index contributed by atoms with van der Waals surface area (Å²) >= 11 is -3.92. The molecule has 0 saturated heterocycles. The predicted molar refractivity (Wildman–Crippen MR) is 213 cm³/mol. The molecule has 2 fully saturated rings. The Morgan fingerprint density at radius 2 is 0.854 bits per heavy atom. The number of fused-ring (bicyclic) bond motifs is 2. The van der Waals surface area contributed by atoms with E-state index in [1.54, 1.807) is 11.1 Å². The van der Waals surface area contributed by atoms with Crippen molar-refractivity contribution in [3.63, 3.8) is 0 Å². The van der Waals surface area contributed by atoms with Crippen LogP contribution in [0.2, 0.25) is 9.36 Å². The molecule has 4 aromatic carbocycles. The second-order valence-electron chi connectivity index (χ2n) is 16.1. The number of benzene rings is 4. The summed E-state index contributed by atoms with van der Waals surface area (Å²) in [4.78, 5) is 0. The first kappa shape index (κ1) is 35.8. The molecule has 4 aromatic rings. The van der Waals surface area contributed by atoms with Crippen molar-refractivity contribution >= 4 is 43.9 Å². The third kappa shape index (κ3) is 6.27. The molecule has 4 heteroatoms. The summed E-state index contributed by atoms with van der Waals surface area (Å²) < 4.78 is 6.99. The van der Waals surface area contributed by atoms with Gasteiger partial charge < -0.3 is 0 Å². The molecule has 4 aliphatic carbocycles. The summed E-state index contributed by atoms with van der Waals surface area (Å²) in [6.07, 6.45) is 19.4. The molecule has 250 valence electrons.